The Morgan fingerprint density at radius 2 is 1.19 bits per heavy atom. The number of allylic oxidation sites excluding steroid dienone is 2. The van der Waals surface area contributed by atoms with Crippen LogP contribution in [-0.4, -0.2) is 58.8 Å². The van der Waals surface area contributed by atoms with Crippen LogP contribution in [0, 0.1) is 17.8 Å². The van der Waals surface area contributed by atoms with E-state index < -0.39 is 35.7 Å². The summed E-state index contributed by atoms with van der Waals surface area (Å²) in [7, 11) is 0. The predicted molar refractivity (Wildman–Crippen MR) is 124 cm³/mol. The Morgan fingerprint density at radius 3 is 1.59 bits per heavy atom. The number of quaternary nitrogens is 1. The normalized spacial score (nSPS) is 16.4. The van der Waals surface area contributed by atoms with Crippen molar-refractivity contribution in [2.24, 2.45) is 17.8 Å². The smallest absolute Gasteiger partial charge is 0.306 e. The largest absolute Gasteiger partial charge is 0.550 e. The van der Waals surface area contributed by atoms with Crippen LogP contribution in [-0.2, 0) is 14.4 Å². The second kappa shape index (κ2) is 16.7. The zero-order valence-corrected chi connectivity index (χ0v) is 20.6. The van der Waals surface area contributed by atoms with Crippen LogP contribution in [0.25, 0.3) is 0 Å². The maximum Gasteiger partial charge on any atom is 0.306 e. The average Bonchev–Trinajstić information content (AvgIpc) is 2.75. The van der Waals surface area contributed by atoms with Gasteiger partial charge in [0.05, 0.1) is 38.0 Å². The summed E-state index contributed by atoms with van der Waals surface area (Å²) >= 11 is 0. The van der Waals surface area contributed by atoms with Crippen LogP contribution in [0.15, 0.2) is 12.2 Å². The fourth-order valence-electron chi connectivity index (χ4n) is 3.73. The van der Waals surface area contributed by atoms with E-state index in [2.05, 4.69) is 19.1 Å². The Kier molecular flexibility index (Phi) is 15.7. The summed E-state index contributed by atoms with van der Waals surface area (Å²) in [5, 5.41) is 29.9. The monoisotopic (exact) mass is 455 g/mol. The summed E-state index contributed by atoms with van der Waals surface area (Å²) in [4.78, 5) is 34.0. The number of rotatable bonds is 20. The Labute approximate surface area is 194 Å². The first-order valence-corrected chi connectivity index (χ1v) is 12.2. The molecule has 7 heteroatoms. The molecule has 0 amide bonds. The number of carbonyl (C=O) groups is 3. The lowest BCUT2D eigenvalue weighted by atomic mass is 10.0. The van der Waals surface area contributed by atoms with Crippen LogP contribution in [0.1, 0.15) is 85.5 Å². The molecule has 0 aromatic heterocycles. The molecule has 2 N–H and O–H groups in total. The van der Waals surface area contributed by atoms with E-state index in [-0.39, 0.29) is 0 Å². The van der Waals surface area contributed by atoms with Gasteiger partial charge in [-0.1, -0.05) is 52.7 Å². The van der Waals surface area contributed by atoms with Gasteiger partial charge in [-0.05, 0) is 19.3 Å². The minimum atomic E-state index is -1.09. The summed E-state index contributed by atoms with van der Waals surface area (Å²) in [6.07, 6.45) is 12.3. The van der Waals surface area contributed by atoms with Crippen molar-refractivity contribution in [2.75, 3.05) is 26.2 Å². The van der Waals surface area contributed by atoms with Crippen LogP contribution in [0.4, 0.5) is 0 Å². The molecule has 0 saturated carbocycles. The summed E-state index contributed by atoms with van der Waals surface area (Å²) in [5.41, 5.74) is 0. The third-order valence-electron chi connectivity index (χ3n) is 6.50. The van der Waals surface area contributed by atoms with Crippen molar-refractivity contribution in [1.29, 1.82) is 0 Å². The Morgan fingerprint density at radius 1 is 0.750 bits per heavy atom. The fourth-order valence-corrected chi connectivity index (χ4v) is 3.73. The molecule has 32 heavy (non-hydrogen) atoms. The third kappa shape index (κ3) is 13.5. The molecule has 3 atom stereocenters. The van der Waals surface area contributed by atoms with Crippen LogP contribution < -0.4 is 5.11 Å². The van der Waals surface area contributed by atoms with Crippen LogP contribution in [0.2, 0.25) is 0 Å². The second-order valence-corrected chi connectivity index (χ2v) is 9.41. The van der Waals surface area contributed by atoms with E-state index in [1.165, 1.54) is 19.3 Å². The molecule has 0 radical (unpaired) electrons. The van der Waals surface area contributed by atoms with Gasteiger partial charge in [0, 0.05) is 37.6 Å². The van der Waals surface area contributed by atoms with E-state index >= 15 is 0 Å². The van der Waals surface area contributed by atoms with Gasteiger partial charge in [0.1, 0.15) is 0 Å². The van der Waals surface area contributed by atoms with Crippen molar-refractivity contribution < 1.29 is 34.2 Å². The molecular weight excluding hydrogens is 410 g/mol. The Hall–Kier alpha value is -1.89. The van der Waals surface area contributed by atoms with Crippen LogP contribution >= 0.6 is 0 Å². The number of carbonyl (C=O) groups excluding carboxylic acids is 1. The topological polar surface area (TPSA) is 115 Å². The first-order valence-electron chi connectivity index (χ1n) is 12.2. The highest BCUT2D eigenvalue weighted by Crippen LogP contribution is 2.21. The first kappa shape index (κ1) is 30.1. The standard InChI is InChI=1S/C25H45NO6/c1-5-6-7-8-9-10-11-12-16-26(17-13-20(2)23(27)28,18-14-21(3)24(29)30)19-15-22(4)25(31)32/h9-10,20-22H,5-8,11-19H2,1-4H3,(H2-,27,28,29,30,31,32)/b10-9+. The highest BCUT2D eigenvalue weighted by molar-refractivity contribution is 5.69. The van der Waals surface area contributed by atoms with Gasteiger partial charge >= 0.3 is 11.9 Å². The van der Waals surface area contributed by atoms with Gasteiger partial charge in [-0.25, -0.2) is 0 Å². The van der Waals surface area contributed by atoms with Gasteiger partial charge in [0.2, 0.25) is 0 Å². The molecule has 0 spiro atoms. The molecular formula is C25H45NO6. The SMILES string of the molecule is CCCCC/C=C/CCC[N+](CCC(C)C(=O)[O-])(CCC(C)C(=O)O)CCC(C)C(=O)O. The van der Waals surface area contributed by atoms with E-state index in [1.807, 2.05) is 0 Å². The fraction of sp³-hybridized carbons (Fsp3) is 0.800. The van der Waals surface area contributed by atoms with E-state index in [1.54, 1.807) is 20.8 Å². The molecule has 0 aromatic rings. The maximum absolute atomic E-state index is 11.4. The molecule has 0 heterocycles. The number of hydrogen-bond acceptors (Lipinski definition) is 4. The molecule has 0 rings (SSSR count). The van der Waals surface area contributed by atoms with Crippen molar-refractivity contribution >= 4 is 17.9 Å². The number of hydrogen-bond donors (Lipinski definition) is 2. The van der Waals surface area contributed by atoms with E-state index in [0.717, 1.165) is 25.8 Å². The van der Waals surface area contributed by atoms with Gasteiger partial charge in [0.15, 0.2) is 0 Å². The molecule has 3 unspecified atom stereocenters. The summed E-state index contributed by atoms with van der Waals surface area (Å²) in [6.45, 7) is 9.71. The number of carboxylic acid groups (broad SMARTS) is 3. The highest BCUT2D eigenvalue weighted by atomic mass is 16.4. The Bertz CT molecular complexity index is 529. The Balaban J connectivity index is 5.30. The second-order valence-electron chi connectivity index (χ2n) is 9.41. The van der Waals surface area contributed by atoms with Crippen molar-refractivity contribution in [3.63, 3.8) is 0 Å². The first-order chi connectivity index (χ1) is 15.0. The van der Waals surface area contributed by atoms with Gasteiger partial charge < -0.3 is 24.6 Å². The number of carboxylic acids is 3. The van der Waals surface area contributed by atoms with E-state index in [9.17, 15) is 29.7 Å². The molecule has 0 saturated heterocycles. The molecule has 7 nitrogen and oxygen atoms in total. The van der Waals surface area contributed by atoms with Gasteiger partial charge in [-0.2, -0.15) is 0 Å². The lowest BCUT2D eigenvalue weighted by Crippen LogP contribution is -2.52. The van der Waals surface area contributed by atoms with Crippen molar-refractivity contribution in [1.82, 2.24) is 0 Å². The highest BCUT2D eigenvalue weighted by Gasteiger charge is 2.30. The third-order valence-corrected chi connectivity index (χ3v) is 6.50. The zero-order valence-electron chi connectivity index (χ0n) is 20.6. The van der Waals surface area contributed by atoms with Gasteiger partial charge in [-0.3, -0.25) is 9.59 Å². The molecule has 0 bridgehead atoms. The summed E-state index contributed by atoms with van der Waals surface area (Å²) in [5.74, 6) is -4.38. The number of nitrogens with zero attached hydrogens (tertiary/aromatic N) is 1. The van der Waals surface area contributed by atoms with Crippen molar-refractivity contribution in [3.05, 3.63) is 12.2 Å². The van der Waals surface area contributed by atoms with Gasteiger partial charge in [0.25, 0.3) is 0 Å². The summed E-state index contributed by atoms with van der Waals surface area (Å²) < 4.78 is 0.552. The van der Waals surface area contributed by atoms with E-state index in [0.29, 0.717) is 43.4 Å². The minimum Gasteiger partial charge on any atom is -0.550 e. The molecule has 186 valence electrons. The van der Waals surface area contributed by atoms with Crippen LogP contribution in [0.5, 0.6) is 0 Å². The van der Waals surface area contributed by atoms with E-state index in [4.69, 9.17) is 0 Å². The quantitative estimate of drug-likeness (QED) is 0.164. The van der Waals surface area contributed by atoms with Gasteiger partial charge in [-0.15, -0.1) is 0 Å². The maximum atomic E-state index is 11.4. The van der Waals surface area contributed by atoms with Crippen LogP contribution in [0.3, 0.4) is 0 Å². The number of unbranched alkanes of at least 4 members (excludes halogenated alkanes) is 4. The van der Waals surface area contributed by atoms with Crippen molar-refractivity contribution in [2.45, 2.75) is 85.5 Å². The minimum absolute atomic E-state index is 0.429. The molecule has 0 aromatic carbocycles. The molecule has 0 fully saturated rings. The molecule has 0 aliphatic carbocycles. The lowest BCUT2D eigenvalue weighted by molar-refractivity contribution is -0.929. The zero-order chi connectivity index (χ0) is 24.6. The van der Waals surface area contributed by atoms with Crippen molar-refractivity contribution in [3.8, 4) is 0 Å². The summed E-state index contributed by atoms with van der Waals surface area (Å²) in [6, 6.07) is 0. The lowest BCUT2D eigenvalue weighted by Gasteiger charge is -2.41. The predicted octanol–water partition coefficient (Wildman–Crippen LogP) is 3.72. The number of aliphatic carboxylic acids is 3. The molecule has 0 aliphatic heterocycles. The average molecular weight is 456 g/mol. The molecule has 0 aliphatic rings.